The zero-order valence-corrected chi connectivity index (χ0v) is 46.1. The summed E-state index contributed by atoms with van der Waals surface area (Å²) >= 11 is 0. The van der Waals surface area contributed by atoms with Crippen LogP contribution in [0.3, 0.4) is 0 Å². The van der Waals surface area contributed by atoms with Gasteiger partial charge in [0.05, 0.1) is 19.8 Å². The molecule has 0 heterocycles. The highest BCUT2D eigenvalue weighted by molar-refractivity contribution is 7.47. The molecule has 0 saturated carbocycles. The van der Waals surface area contributed by atoms with Crippen molar-refractivity contribution in [2.75, 3.05) is 33.0 Å². The van der Waals surface area contributed by atoms with Crippen LogP contribution in [0.4, 0.5) is 0 Å². The number of unbranched alkanes of at least 4 members (excludes halogenated alkanes) is 46. The fourth-order valence-corrected chi connectivity index (χ4v) is 10.1. The first-order chi connectivity index (χ1) is 32.9. The molecule has 9 heteroatoms. The van der Waals surface area contributed by atoms with Crippen molar-refractivity contribution in [2.45, 2.75) is 335 Å². The highest BCUT2D eigenvalue weighted by Gasteiger charge is 2.25. The Bertz CT molecular complexity index is 1000. The minimum Gasteiger partial charge on any atom is -0.457 e. The van der Waals surface area contributed by atoms with Crippen molar-refractivity contribution in [1.82, 2.24) is 0 Å². The summed E-state index contributed by atoms with van der Waals surface area (Å²) in [5.74, 6) is -0.318. The first-order valence-electron chi connectivity index (χ1n) is 30.0. The van der Waals surface area contributed by atoms with E-state index in [4.69, 9.17) is 24.3 Å². The Morgan fingerprint density at radius 1 is 0.388 bits per heavy atom. The summed E-state index contributed by atoms with van der Waals surface area (Å²) < 4.78 is 33.7. The third-order valence-corrected chi connectivity index (χ3v) is 14.8. The Morgan fingerprint density at radius 2 is 0.657 bits per heavy atom. The van der Waals surface area contributed by atoms with Crippen LogP contribution in [0.1, 0.15) is 328 Å². The number of hydrogen-bond acceptors (Lipinski definition) is 7. The molecule has 0 radical (unpaired) electrons. The molecule has 3 N–H and O–H groups in total. The van der Waals surface area contributed by atoms with Gasteiger partial charge in [-0.3, -0.25) is 13.8 Å². The molecule has 0 saturated heterocycles. The Morgan fingerprint density at radius 3 is 0.940 bits per heavy atom. The predicted octanol–water partition coefficient (Wildman–Crippen LogP) is 19.2. The van der Waals surface area contributed by atoms with Crippen molar-refractivity contribution in [2.24, 2.45) is 5.73 Å². The number of ether oxygens (including phenoxy) is 2. The van der Waals surface area contributed by atoms with Crippen molar-refractivity contribution < 1.29 is 32.8 Å². The molecule has 1 unspecified atom stereocenters. The van der Waals surface area contributed by atoms with Crippen molar-refractivity contribution in [1.29, 1.82) is 0 Å². The maximum absolute atomic E-state index is 12.7. The van der Waals surface area contributed by atoms with E-state index in [1.807, 2.05) is 0 Å². The second kappa shape index (κ2) is 56.4. The van der Waals surface area contributed by atoms with Gasteiger partial charge >= 0.3 is 13.8 Å². The Hall–Kier alpha value is -0.500. The molecule has 8 nitrogen and oxygen atoms in total. The number of phosphoric acid groups is 1. The van der Waals surface area contributed by atoms with Crippen LogP contribution >= 0.6 is 7.82 Å². The van der Waals surface area contributed by atoms with Crippen LogP contribution in [0.25, 0.3) is 0 Å². The summed E-state index contributed by atoms with van der Waals surface area (Å²) in [5, 5.41) is 0. The van der Waals surface area contributed by atoms with Gasteiger partial charge in [-0.1, -0.05) is 309 Å². The van der Waals surface area contributed by atoms with E-state index in [0.717, 1.165) is 32.1 Å². The van der Waals surface area contributed by atoms with Crippen LogP contribution in [-0.2, 0) is 27.9 Å². The van der Waals surface area contributed by atoms with Crippen LogP contribution in [-0.4, -0.2) is 49.9 Å². The van der Waals surface area contributed by atoms with Crippen LogP contribution < -0.4 is 5.73 Å². The zero-order valence-electron chi connectivity index (χ0n) is 45.2. The molecule has 0 aliphatic heterocycles. The molecule has 0 amide bonds. The Kier molecular flexibility index (Phi) is 56.0. The summed E-state index contributed by atoms with van der Waals surface area (Å²) in [6, 6.07) is 0. The lowest BCUT2D eigenvalue weighted by atomic mass is 10.0. The Balaban J connectivity index is 3.78. The molecule has 67 heavy (non-hydrogen) atoms. The van der Waals surface area contributed by atoms with Gasteiger partial charge < -0.3 is 20.1 Å². The van der Waals surface area contributed by atoms with Crippen LogP contribution in [0.2, 0.25) is 0 Å². The standard InChI is InChI=1S/C58H118NO7P/c1-3-5-7-9-11-13-15-17-19-21-23-25-26-27-28-29-30-31-32-33-35-37-39-41-43-45-47-49-51-58(60)66-57(56-65-67(61,62)64-54-52-59)55-63-53-50-48-46-44-42-40-38-36-34-24-22-20-18-16-14-12-10-8-6-4-2/h57H,3-56,59H2,1-2H3,(H,61,62)/t57-/m1/s1. The molecule has 402 valence electrons. The number of hydrogen-bond donors (Lipinski definition) is 2. The summed E-state index contributed by atoms with van der Waals surface area (Å²) in [7, 11) is -4.28. The summed E-state index contributed by atoms with van der Waals surface area (Å²) in [4.78, 5) is 22.7. The van der Waals surface area contributed by atoms with Crippen molar-refractivity contribution >= 4 is 13.8 Å². The smallest absolute Gasteiger partial charge is 0.457 e. The van der Waals surface area contributed by atoms with Crippen molar-refractivity contribution in [3.05, 3.63) is 0 Å². The van der Waals surface area contributed by atoms with Gasteiger partial charge in [0.15, 0.2) is 0 Å². The van der Waals surface area contributed by atoms with Gasteiger partial charge in [0, 0.05) is 19.6 Å². The van der Waals surface area contributed by atoms with Gasteiger partial charge in [-0.25, -0.2) is 4.57 Å². The van der Waals surface area contributed by atoms with Gasteiger partial charge in [0.1, 0.15) is 6.10 Å². The number of carbonyl (C=O) groups is 1. The molecule has 0 aliphatic rings. The number of phosphoric ester groups is 1. The SMILES string of the molecule is CCCCCCCCCCCCCCCCCCCCCCCCCCCCCCC(=O)O[C@H](COCCCCCCCCCCCCCCCCCCCCCC)COP(=O)(O)OCCN. The Labute approximate surface area is 418 Å². The lowest BCUT2D eigenvalue weighted by molar-refractivity contribution is -0.154. The molecule has 0 aliphatic carbocycles. The normalized spacial score (nSPS) is 13.1. The first kappa shape index (κ1) is 66.5. The third kappa shape index (κ3) is 56.3. The average molecular weight is 973 g/mol. The highest BCUT2D eigenvalue weighted by Crippen LogP contribution is 2.43. The number of rotatable bonds is 59. The molecular weight excluding hydrogens is 854 g/mol. The number of esters is 1. The third-order valence-electron chi connectivity index (χ3n) is 13.8. The quantitative estimate of drug-likeness (QED) is 0.0352. The van der Waals surface area contributed by atoms with E-state index in [1.54, 1.807) is 0 Å². The van der Waals surface area contributed by atoms with E-state index in [9.17, 15) is 14.3 Å². The van der Waals surface area contributed by atoms with E-state index < -0.39 is 13.9 Å². The molecular formula is C58H118NO7P. The van der Waals surface area contributed by atoms with Gasteiger partial charge in [0.2, 0.25) is 0 Å². The van der Waals surface area contributed by atoms with E-state index in [0.29, 0.717) is 13.0 Å². The highest BCUT2D eigenvalue weighted by atomic mass is 31.2. The van der Waals surface area contributed by atoms with E-state index >= 15 is 0 Å². The molecule has 0 rings (SSSR count). The lowest BCUT2D eigenvalue weighted by Crippen LogP contribution is -2.28. The molecule has 0 aromatic carbocycles. The van der Waals surface area contributed by atoms with Crippen molar-refractivity contribution in [3.8, 4) is 0 Å². The summed E-state index contributed by atoms with van der Waals surface area (Å²) in [6.45, 7) is 5.03. The topological polar surface area (TPSA) is 117 Å². The maximum atomic E-state index is 12.7. The largest absolute Gasteiger partial charge is 0.472 e. The average Bonchev–Trinajstić information content (AvgIpc) is 3.32. The lowest BCUT2D eigenvalue weighted by Gasteiger charge is -2.20. The van der Waals surface area contributed by atoms with Crippen LogP contribution in [0, 0.1) is 0 Å². The minimum absolute atomic E-state index is 0.0895. The number of nitrogens with two attached hydrogens (primary N) is 1. The molecule has 0 spiro atoms. The maximum Gasteiger partial charge on any atom is 0.472 e. The molecule has 0 fully saturated rings. The summed E-state index contributed by atoms with van der Waals surface area (Å²) in [6.07, 6.45) is 64.6. The van der Waals surface area contributed by atoms with Gasteiger partial charge in [-0.2, -0.15) is 0 Å². The van der Waals surface area contributed by atoms with Gasteiger partial charge in [-0.05, 0) is 12.8 Å². The fourth-order valence-electron chi connectivity index (χ4n) is 9.36. The van der Waals surface area contributed by atoms with E-state index in [2.05, 4.69) is 13.8 Å². The summed E-state index contributed by atoms with van der Waals surface area (Å²) in [5.41, 5.74) is 5.41. The van der Waals surface area contributed by atoms with Crippen LogP contribution in [0.15, 0.2) is 0 Å². The number of carbonyl (C=O) groups excluding carboxylic acids is 1. The van der Waals surface area contributed by atoms with Gasteiger partial charge in [0.25, 0.3) is 0 Å². The van der Waals surface area contributed by atoms with Crippen LogP contribution in [0.5, 0.6) is 0 Å². The molecule has 0 aromatic heterocycles. The minimum atomic E-state index is -4.28. The second-order valence-electron chi connectivity index (χ2n) is 20.6. The van der Waals surface area contributed by atoms with E-state index in [-0.39, 0.29) is 32.3 Å². The predicted molar refractivity (Wildman–Crippen MR) is 289 cm³/mol. The van der Waals surface area contributed by atoms with Crippen molar-refractivity contribution in [3.63, 3.8) is 0 Å². The second-order valence-corrected chi connectivity index (χ2v) is 22.0. The molecule has 2 atom stereocenters. The van der Waals surface area contributed by atoms with E-state index in [1.165, 1.54) is 276 Å². The first-order valence-corrected chi connectivity index (χ1v) is 31.5. The monoisotopic (exact) mass is 972 g/mol. The molecule has 0 bridgehead atoms. The molecule has 0 aromatic rings. The zero-order chi connectivity index (χ0) is 48.7. The fraction of sp³-hybridized carbons (Fsp3) is 0.983. The van der Waals surface area contributed by atoms with Gasteiger partial charge in [-0.15, -0.1) is 0 Å².